The van der Waals surface area contributed by atoms with Crippen LogP contribution in [0.1, 0.15) is 29.8 Å². The lowest BCUT2D eigenvalue weighted by atomic mass is 9.78. The third-order valence-corrected chi connectivity index (χ3v) is 3.30. The zero-order chi connectivity index (χ0) is 16.2. The maximum absolute atomic E-state index is 11.6. The summed E-state index contributed by atoms with van der Waals surface area (Å²) in [6.45, 7) is 6.83. The van der Waals surface area contributed by atoms with Crippen molar-refractivity contribution >= 4 is 23.2 Å². The van der Waals surface area contributed by atoms with Crippen LogP contribution in [-0.2, 0) is 19.7 Å². The topological polar surface area (TPSA) is 84.3 Å². The standard InChI is InChI=1S/C16H17NO4/c1-5-12(18)14(17)16(2,3)11-8-6-10(7-9-11)13(19)15(20)21-4/h5-9,17H,1H2,2-4H3. The molecule has 0 bridgehead atoms. The summed E-state index contributed by atoms with van der Waals surface area (Å²) in [7, 11) is 1.14. The van der Waals surface area contributed by atoms with E-state index in [4.69, 9.17) is 5.41 Å². The van der Waals surface area contributed by atoms with Crippen LogP contribution in [0, 0.1) is 5.41 Å². The normalized spacial score (nSPS) is 10.6. The van der Waals surface area contributed by atoms with E-state index < -0.39 is 23.0 Å². The second-order valence-electron chi connectivity index (χ2n) is 4.97. The van der Waals surface area contributed by atoms with E-state index in [0.29, 0.717) is 5.56 Å². The molecule has 0 saturated heterocycles. The van der Waals surface area contributed by atoms with Crippen molar-refractivity contribution in [3.05, 3.63) is 48.0 Å². The van der Waals surface area contributed by atoms with E-state index in [1.165, 1.54) is 12.1 Å². The molecule has 0 heterocycles. The SMILES string of the molecule is C=CC(=O)C(=N)C(C)(C)c1ccc(C(=O)C(=O)OC)cc1. The summed E-state index contributed by atoms with van der Waals surface area (Å²) in [4.78, 5) is 34.4. The fourth-order valence-electron chi connectivity index (χ4n) is 1.80. The van der Waals surface area contributed by atoms with Crippen molar-refractivity contribution in [1.82, 2.24) is 0 Å². The van der Waals surface area contributed by atoms with E-state index >= 15 is 0 Å². The summed E-state index contributed by atoms with van der Waals surface area (Å²) in [5.74, 6) is -2.12. The van der Waals surface area contributed by atoms with E-state index in [9.17, 15) is 14.4 Å². The quantitative estimate of drug-likeness (QED) is 0.285. The second kappa shape index (κ2) is 6.26. The molecule has 110 valence electrons. The average Bonchev–Trinajstić information content (AvgIpc) is 2.51. The zero-order valence-corrected chi connectivity index (χ0v) is 12.2. The molecule has 5 nitrogen and oxygen atoms in total. The molecule has 1 aromatic carbocycles. The van der Waals surface area contributed by atoms with E-state index in [1.54, 1.807) is 26.0 Å². The minimum Gasteiger partial charge on any atom is -0.463 e. The number of ketones is 2. The van der Waals surface area contributed by atoms with Crippen LogP contribution in [-0.4, -0.2) is 30.4 Å². The van der Waals surface area contributed by atoms with Gasteiger partial charge in [-0.05, 0) is 11.6 Å². The first-order valence-corrected chi connectivity index (χ1v) is 6.24. The predicted molar refractivity (Wildman–Crippen MR) is 78.7 cm³/mol. The number of methoxy groups -OCH3 is 1. The van der Waals surface area contributed by atoms with E-state index in [0.717, 1.165) is 13.2 Å². The number of hydrogen-bond donors (Lipinski definition) is 1. The van der Waals surface area contributed by atoms with Crippen LogP contribution in [0.5, 0.6) is 0 Å². The van der Waals surface area contributed by atoms with Gasteiger partial charge >= 0.3 is 5.97 Å². The Labute approximate surface area is 123 Å². The molecule has 0 aliphatic rings. The fourth-order valence-corrected chi connectivity index (χ4v) is 1.80. The van der Waals surface area contributed by atoms with Crippen LogP contribution in [0.3, 0.4) is 0 Å². The Balaban J connectivity index is 3.09. The number of rotatable bonds is 6. The Hall–Kier alpha value is -2.56. The Morgan fingerprint density at radius 2 is 1.71 bits per heavy atom. The van der Waals surface area contributed by atoms with Crippen LogP contribution in [0.4, 0.5) is 0 Å². The van der Waals surface area contributed by atoms with Crippen molar-refractivity contribution in [2.45, 2.75) is 19.3 Å². The average molecular weight is 287 g/mol. The van der Waals surface area contributed by atoms with Gasteiger partial charge < -0.3 is 10.1 Å². The smallest absolute Gasteiger partial charge is 0.379 e. The maximum atomic E-state index is 11.6. The maximum Gasteiger partial charge on any atom is 0.379 e. The van der Waals surface area contributed by atoms with Gasteiger partial charge in [-0.25, -0.2) is 4.79 Å². The van der Waals surface area contributed by atoms with Gasteiger partial charge in [-0.3, -0.25) is 9.59 Å². The van der Waals surface area contributed by atoms with Gasteiger partial charge in [0, 0.05) is 11.0 Å². The highest BCUT2D eigenvalue weighted by Gasteiger charge is 2.30. The molecule has 0 spiro atoms. The summed E-state index contributed by atoms with van der Waals surface area (Å²) in [6, 6.07) is 6.17. The van der Waals surface area contributed by atoms with Gasteiger partial charge in [0.15, 0.2) is 5.78 Å². The molecule has 0 saturated carbocycles. The molecule has 0 aromatic heterocycles. The monoisotopic (exact) mass is 287 g/mol. The first-order valence-electron chi connectivity index (χ1n) is 6.24. The van der Waals surface area contributed by atoms with E-state index in [-0.39, 0.29) is 11.3 Å². The Bertz CT molecular complexity index is 612. The van der Waals surface area contributed by atoms with Gasteiger partial charge in [-0.2, -0.15) is 0 Å². The minimum absolute atomic E-state index is 0.0930. The molecule has 0 atom stereocenters. The Morgan fingerprint density at radius 3 is 2.14 bits per heavy atom. The van der Waals surface area contributed by atoms with Crippen LogP contribution in [0.2, 0.25) is 0 Å². The van der Waals surface area contributed by atoms with Gasteiger partial charge in [0.05, 0.1) is 12.8 Å². The van der Waals surface area contributed by atoms with Crippen molar-refractivity contribution in [2.24, 2.45) is 0 Å². The van der Waals surface area contributed by atoms with Crippen LogP contribution < -0.4 is 0 Å². The third kappa shape index (κ3) is 3.31. The zero-order valence-electron chi connectivity index (χ0n) is 12.2. The first-order chi connectivity index (χ1) is 9.75. The van der Waals surface area contributed by atoms with Crippen LogP contribution >= 0.6 is 0 Å². The minimum atomic E-state index is -0.934. The van der Waals surface area contributed by atoms with Crippen molar-refractivity contribution in [3.8, 4) is 0 Å². The van der Waals surface area contributed by atoms with Gasteiger partial charge in [-0.15, -0.1) is 0 Å². The van der Waals surface area contributed by atoms with Crippen LogP contribution in [0.25, 0.3) is 0 Å². The highest BCUT2D eigenvalue weighted by Crippen LogP contribution is 2.25. The third-order valence-electron chi connectivity index (χ3n) is 3.30. The molecule has 0 aliphatic heterocycles. The lowest BCUT2D eigenvalue weighted by Crippen LogP contribution is -2.33. The number of carbonyl (C=O) groups is 3. The van der Waals surface area contributed by atoms with Crippen molar-refractivity contribution in [2.75, 3.05) is 7.11 Å². The number of benzene rings is 1. The molecule has 0 radical (unpaired) electrons. The van der Waals surface area contributed by atoms with Gasteiger partial charge in [0.1, 0.15) is 0 Å². The lowest BCUT2D eigenvalue weighted by molar-refractivity contribution is -0.135. The molecule has 0 aliphatic carbocycles. The molecule has 0 amide bonds. The predicted octanol–water partition coefficient (Wildman–Crippen LogP) is 2.09. The van der Waals surface area contributed by atoms with E-state index in [2.05, 4.69) is 11.3 Å². The van der Waals surface area contributed by atoms with Gasteiger partial charge in [0.25, 0.3) is 5.78 Å². The fraction of sp³-hybridized carbons (Fsp3) is 0.250. The first kappa shape index (κ1) is 16.5. The number of carbonyl (C=O) groups excluding carboxylic acids is 3. The molecular formula is C16H17NO4. The van der Waals surface area contributed by atoms with Gasteiger partial charge in [0.2, 0.25) is 0 Å². The molecule has 21 heavy (non-hydrogen) atoms. The highest BCUT2D eigenvalue weighted by molar-refractivity contribution is 6.45. The van der Waals surface area contributed by atoms with E-state index in [1.807, 2.05) is 0 Å². The summed E-state index contributed by atoms with van der Waals surface area (Å²) >= 11 is 0. The Morgan fingerprint density at radius 1 is 1.19 bits per heavy atom. The summed E-state index contributed by atoms with van der Waals surface area (Å²) in [5, 5.41) is 7.91. The largest absolute Gasteiger partial charge is 0.463 e. The summed E-state index contributed by atoms with van der Waals surface area (Å²) in [5.41, 5.74) is -0.0328. The molecule has 0 fully saturated rings. The van der Waals surface area contributed by atoms with Gasteiger partial charge in [-0.1, -0.05) is 44.7 Å². The summed E-state index contributed by atoms with van der Waals surface area (Å²) in [6.07, 6.45) is 1.10. The second-order valence-corrected chi connectivity index (χ2v) is 4.97. The molecule has 5 heteroatoms. The number of Topliss-reactive ketones (excluding diaryl/α,β-unsaturated/α-hetero) is 1. The summed E-state index contributed by atoms with van der Waals surface area (Å²) < 4.78 is 4.37. The van der Waals surface area contributed by atoms with Crippen molar-refractivity contribution < 1.29 is 19.1 Å². The molecule has 1 aromatic rings. The van der Waals surface area contributed by atoms with Crippen LogP contribution in [0.15, 0.2) is 36.9 Å². The molecule has 0 unspecified atom stereocenters. The van der Waals surface area contributed by atoms with Crippen molar-refractivity contribution in [1.29, 1.82) is 5.41 Å². The van der Waals surface area contributed by atoms with Crippen molar-refractivity contribution in [3.63, 3.8) is 0 Å². The molecule has 1 N–H and O–H groups in total. The number of allylic oxidation sites excluding steroid dienone is 1. The highest BCUT2D eigenvalue weighted by atomic mass is 16.5. The number of esters is 1. The Kier molecular flexibility index (Phi) is 4.92. The number of hydrogen-bond acceptors (Lipinski definition) is 5. The number of ether oxygens (including phenoxy) is 1. The molecular weight excluding hydrogens is 270 g/mol. The lowest BCUT2D eigenvalue weighted by Gasteiger charge is -2.25. The number of nitrogens with one attached hydrogen (secondary N) is 1. The molecule has 1 rings (SSSR count).